The van der Waals surface area contributed by atoms with E-state index in [1.54, 1.807) is 11.0 Å². The first-order chi connectivity index (χ1) is 18.7. The van der Waals surface area contributed by atoms with Crippen molar-refractivity contribution in [2.45, 2.75) is 76.5 Å². The van der Waals surface area contributed by atoms with Gasteiger partial charge in [0.15, 0.2) is 0 Å². The number of nitrogens with zero attached hydrogens (tertiary/aromatic N) is 2. The van der Waals surface area contributed by atoms with Gasteiger partial charge >= 0.3 is 5.97 Å². The van der Waals surface area contributed by atoms with E-state index in [-0.39, 0.29) is 38.1 Å². The highest BCUT2D eigenvalue weighted by atomic mass is 16.6. The lowest BCUT2D eigenvalue weighted by Gasteiger charge is -2.37. The number of aryl methyl sites for hydroxylation is 2. The minimum absolute atomic E-state index is 0.0198. The van der Waals surface area contributed by atoms with E-state index >= 15 is 0 Å². The molecule has 39 heavy (non-hydrogen) atoms. The number of hydrogen-bond acceptors (Lipinski definition) is 6. The maximum atomic E-state index is 14.5. The molecule has 2 unspecified atom stereocenters. The average Bonchev–Trinajstić information content (AvgIpc) is 3.52. The number of allylic oxidation sites excluding steroid dienone is 1. The van der Waals surface area contributed by atoms with E-state index in [9.17, 15) is 19.5 Å². The van der Waals surface area contributed by atoms with Crippen LogP contribution in [0.5, 0.6) is 0 Å². The summed E-state index contributed by atoms with van der Waals surface area (Å²) >= 11 is 0. The third kappa shape index (κ3) is 4.82. The Morgan fingerprint density at radius 3 is 2.67 bits per heavy atom. The highest BCUT2D eigenvalue weighted by Crippen LogP contribution is 2.64. The molecule has 0 radical (unpaired) electrons. The molecule has 3 saturated heterocycles. The highest BCUT2D eigenvalue weighted by Gasteiger charge is 2.79. The van der Waals surface area contributed by atoms with Crippen LogP contribution in [0, 0.1) is 25.7 Å². The van der Waals surface area contributed by atoms with Gasteiger partial charge < -0.3 is 24.4 Å². The third-order valence-corrected chi connectivity index (χ3v) is 8.79. The number of likely N-dealkylation sites (tertiary alicyclic amines) is 1. The molecule has 3 heterocycles. The van der Waals surface area contributed by atoms with Crippen LogP contribution >= 0.6 is 0 Å². The molecule has 1 N–H and O–H groups in total. The maximum Gasteiger partial charge on any atom is 0.312 e. The van der Waals surface area contributed by atoms with Crippen LogP contribution in [-0.4, -0.2) is 71.3 Å². The van der Waals surface area contributed by atoms with Crippen molar-refractivity contribution in [3.63, 3.8) is 0 Å². The predicted molar refractivity (Wildman–Crippen MR) is 149 cm³/mol. The van der Waals surface area contributed by atoms with Crippen LogP contribution < -0.4 is 4.90 Å². The number of rotatable bonds is 13. The van der Waals surface area contributed by atoms with E-state index in [0.717, 1.165) is 29.7 Å². The number of esters is 1. The first kappa shape index (κ1) is 29.0. The van der Waals surface area contributed by atoms with Crippen molar-refractivity contribution >= 4 is 23.5 Å². The van der Waals surface area contributed by atoms with Crippen LogP contribution in [0.1, 0.15) is 56.6 Å². The van der Waals surface area contributed by atoms with Gasteiger partial charge in [-0.2, -0.15) is 0 Å². The fourth-order valence-corrected chi connectivity index (χ4v) is 6.95. The molecule has 1 aromatic carbocycles. The van der Waals surface area contributed by atoms with Gasteiger partial charge in [0, 0.05) is 18.8 Å². The van der Waals surface area contributed by atoms with Crippen LogP contribution in [0.25, 0.3) is 0 Å². The van der Waals surface area contributed by atoms with E-state index in [1.807, 2.05) is 45.0 Å². The number of fused-ring (bicyclic) bond motifs is 1. The molecular weight excluding hydrogens is 496 g/mol. The summed E-state index contributed by atoms with van der Waals surface area (Å²) in [5, 5.41) is 9.90. The standard InChI is InChI=1S/C31H42N2O6/c1-6-9-10-11-19-38-29(37)25-24-27(35)33(17-18-34)26(31(24)15-14-30(25,8-3)39-31)28(36)32(16-7-2)23-20-21(4)12-13-22(23)5/h6-7,12-13,20,24-26,34H,1-2,8-11,14-19H2,3-5H3/t24-,25-,26?,30+,31?/m0/s1. The van der Waals surface area contributed by atoms with Crippen LogP contribution in [-0.2, 0) is 23.9 Å². The molecule has 3 aliphatic heterocycles. The Bertz CT molecular complexity index is 1130. The average molecular weight is 539 g/mol. The van der Waals surface area contributed by atoms with Gasteiger partial charge in [-0.15, -0.1) is 13.2 Å². The number of benzene rings is 1. The Hall–Kier alpha value is -2.97. The summed E-state index contributed by atoms with van der Waals surface area (Å²) in [7, 11) is 0. The van der Waals surface area contributed by atoms with Crippen molar-refractivity contribution in [2.75, 3.05) is 31.2 Å². The lowest BCUT2D eigenvalue weighted by Crippen LogP contribution is -2.57. The molecule has 0 saturated carbocycles. The number of unbranched alkanes of at least 4 members (excludes halogenated alkanes) is 2. The van der Waals surface area contributed by atoms with Crippen molar-refractivity contribution in [3.8, 4) is 0 Å². The van der Waals surface area contributed by atoms with Gasteiger partial charge in [0.1, 0.15) is 17.6 Å². The van der Waals surface area contributed by atoms with E-state index in [4.69, 9.17) is 9.47 Å². The third-order valence-electron chi connectivity index (χ3n) is 8.79. The monoisotopic (exact) mass is 538 g/mol. The van der Waals surface area contributed by atoms with Gasteiger partial charge in [0.25, 0.3) is 5.91 Å². The molecule has 1 aromatic rings. The second kappa shape index (κ2) is 11.6. The smallest absolute Gasteiger partial charge is 0.312 e. The van der Waals surface area contributed by atoms with Crippen LogP contribution in [0.3, 0.4) is 0 Å². The molecule has 8 nitrogen and oxygen atoms in total. The van der Waals surface area contributed by atoms with Gasteiger partial charge in [0.05, 0.1) is 24.7 Å². The largest absolute Gasteiger partial charge is 0.465 e. The van der Waals surface area contributed by atoms with Gasteiger partial charge in [-0.3, -0.25) is 14.4 Å². The molecule has 0 aromatic heterocycles. The predicted octanol–water partition coefficient (Wildman–Crippen LogP) is 3.87. The number of β-amino-alcohol motifs (C(OH)–C–C–N with tert-alkyl or cyclic N) is 1. The SMILES string of the molecule is C=CCCCCOC(=O)[C@@H]1[C@H]2C(=O)N(CCO)C(C(=O)N(CC=C)c3cc(C)ccc3C)C23CC[C@@]1(CC)O3. The summed E-state index contributed by atoms with van der Waals surface area (Å²) in [5.74, 6) is -2.69. The van der Waals surface area contributed by atoms with Crippen LogP contribution in [0.4, 0.5) is 5.69 Å². The first-order valence-electron chi connectivity index (χ1n) is 14.1. The quantitative estimate of drug-likeness (QED) is 0.233. The number of anilines is 1. The fourth-order valence-electron chi connectivity index (χ4n) is 6.95. The normalized spacial score (nSPS) is 28.9. The Morgan fingerprint density at radius 1 is 1.23 bits per heavy atom. The highest BCUT2D eigenvalue weighted by molar-refractivity contribution is 6.05. The molecule has 4 rings (SSSR count). The Kier molecular flexibility index (Phi) is 8.66. The minimum Gasteiger partial charge on any atom is -0.465 e. The van der Waals surface area contributed by atoms with Crippen molar-refractivity contribution in [3.05, 3.63) is 54.6 Å². The second-order valence-electron chi connectivity index (χ2n) is 11.1. The van der Waals surface area contributed by atoms with Gasteiger partial charge in [0.2, 0.25) is 5.91 Å². The summed E-state index contributed by atoms with van der Waals surface area (Å²) in [5.41, 5.74) is 0.641. The topological polar surface area (TPSA) is 96.4 Å². The van der Waals surface area contributed by atoms with Crippen LogP contribution in [0.15, 0.2) is 43.5 Å². The van der Waals surface area contributed by atoms with E-state index in [1.165, 1.54) is 4.90 Å². The zero-order valence-electron chi connectivity index (χ0n) is 23.5. The second-order valence-corrected chi connectivity index (χ2v) is 11.1. The zero-order chi connectivity index (χ0) is 28.4. The molecule has 8 heteroatoms. The van der Waals surface area contributed by atoms with Gasteiger partial charge in [-0.25, -0.2) is 0 Å². The number of hydrogen-bond donors (Lipinski definition) is 1. The fraction of sp³-hybridized carbons (Fsp3) is 0.581. The molecule has 5 atom stereocenters. The Balaban J connectivity index is 1.73. The first-order valence-corrected chi connectivity index (χ1v) is 14.1. The van der Waals surface area contributed by atoms with E-state index < -0.39 is 35.0 Å². The lowest BCUT2D eigenvalue weighted by molar-refractivity contribution is -0.161. The van der Waals surface area contributed by atoms with Crippen molar-refractivity contribution < 1.29 is 29.0 Å². The molecule has 0 aliphatic carbocycles. The summed E-state index contributed by atoms with van der Waals surface area (Å²) < 4.78 is 12.5. The molecule has 3 aliphatic rings. The maximum absolute atomic E-state index is 14.5. The molecule has 3 fully saturated rings. The summed E-state index contributed by atoms with van der Waals surface area (Å²) in [6.45, 7) is 13.6. The molecule has 2 bridgehead atoms. The molecule has 1 spiro atoms. The Morgan fingerprint density at radius 2 is 2.00 bits per heavy atom. The molecule has 2 amide bonds. The van der Waals surface area contributed by atoms with Crippen LogP contribution in [0.2, 0.25) is 0 Å². The Labute approximate surface area is 231 Å². The minimum atomic E-state index is -1.16. The lowest BCUT2D eigenvalue weighted by atomic mass is 9.65. The number of aliphatic hydroxyl groups excluding tert-OH is 1. The summed E-state index contributed by atoms with van der Waals surface area (Å²) in [6.07, 6.45) is 7.48. The number of amides is 2. The zero-order valence-corrected chi connectivity index (χ0v) is 23.5. The number of carbonyl (C=O) groups excluding carboxylic acids is 3. The van der Waals surface area contributed by atoms with Crippen molar-refractivity contribution in [1.29, 1.82) is 0 Å². The number of carbonyl (C=O) groups is 3. The van der Waals surface area contributed by atoms with Crippen molar-refractivity contribution in [1.82, 2.24) is 4.90 Å². The summed E-state index contributed by atoms with van der Waals surface area (Å²) in [6, 6.07) is 4.93. The molecule has 212 valence electrons. The molecular formula is C31H42N2O6. The van der Waals surface area contributed by atoms with E-state index in [0.29, 0.717) is 25.7 Å². The van der Waals surface area contributed by atoms with Gasteiger partial charge in [-0.05, 0) is 69.6 Å². The van der Waals surface area contributed by atoms with E-state index in [2.05, 4.69) is 13.2 Å². The number of aliphatic hydroxyl groups is 1. The number of ether oxygens (including phenoxy) is 2. The summed E-state index contributed by atoms with van der Waals surface area (Å²) in [4.78, 5) is 45.2. The van der Waals surface area contributed by atoms with Gasteiger partial charge in [-0.1, -0.05) is 31.2 Å². The van der Waals surface area contributed by atoms with Crippen molar-refractivity contribution in [2.24, 2.45) is 11.8 Å².